The van der Waals surface area contributed by atoms with Gasteiger partial charge in [-0.25, -0.2) is 9.97 Å². The Morgan fingerprint density at radius 1 is 1.10 bits per heavy atom. The smallest absolute Gasteiger partial charge is 0.303 e. The van der Waals surface area contributed by atoms with Crippen molar-refractivity contribution in [1.82, 2.24) is 14.9 Å². The number of carboxylic acids is 1. The molecule has 0 saturated carbocycles. The van der Waals surface area contributed by atoms with Crippen LogP contribution in [0.5, 0.6) is 0 Å². The molecule has 0 aliphatic carbocycles. The molecule has 0 aromatic carbocycles. The van der Waals surface area contributed by atoms with E-state index in [0.29, 0.717) is 6.42 Å². The summed E-state index contributed by atoms with van der Waals surface area (Å²) in [5.41, 5.74) is 2.79. The number of rotatable bonds is 8. The summed E-state index contributed by atoms with van der Waals surface area (Å²) in [5.74, 6) is 0.0698. The second kappa shape index (κ2) is 7.94. The van der Waals surface area contributed by atoms with E-state index in [-0.39, 0.29) is 6.42 Å². The molecule has 0 bridgehead atoms. The average Bonchev–Trinajstić information content (AvgIpc) is 2.38. The lowest BCUT2D eigenvalue weighted by molar-refractivity contribution is -0.136. The van der Waals surface area contributed by atoms with E-state index >= 15 is 0 Å². The predicted molar refractivity (Wildman–Crippen MR) is 79.0 cm³/mol. The molecule has 5 nitrogen and oxygen atoms in total. The van der Waals surface area contributed by atoms with Crippen molar-refractivity contribution in [3.63, 3.8) is 0 Å². The maximum Gasteiger partial charge on any atom is 0.303 e. The molecule has 1 aromatic heterocycles. The Balaban J connectivity index is 2.74. The minimum Gasteiger partial charge on any atom is -0.481 e. The van der Waals surface area contributed by atoms with Gasteiger partial charge in [0, 0.05) is 30.8 Å². The van der Waals surface area contributed by atoms with Crippen LogP contribution in [0.4, 0.5) is 0 Å². The molecule has 0 amide bonds. The molecule has 0 unspecified atom stereocenters. The highest BCUT2D eigenvalue weighted by Gasteiger charge is 2.11. The standard InChI is InChI=1S/C15H25N3O2/c1-5-18(6-2)10-9-14-16-11(3)13(12(4)17-14)7-8-15(19)20/h5-10H2,1-4H3,(H,19,20). The van der Waals surface area contributed by atoms with Crippen molar-refractivity contribution in [3.8, 4) is 0 Å². The molecule has 0 aliphatic heterocycles. The van der Waals surface area contributed by atoms with Crippen LogP contribution in [0.3, 0.4) is 0 Å². The number of nitrogens with zero attached hydrogens (tertiary/aromatic N) is 3. The molecule has 20 heavy (non-hydrogen) atoms. The van der Waals surface area contributed by atoms with Crippen LogP contribution in [0.1, 0.15) is 43.0 Å². The third-order valence-corrected chi connectivity index (χ3v) is 3.60. The third kappa shape index (κ3) is 4.89. The topological polar surface area (TPSA) is 66.3 Å². The van der Waals surface area contributed by atoms with E-state index in [1.54, 1.807) is 0 Å². The van der Waals surface area contributed by atoms with Crippen LogP contribution in [-0.2, 0) is 17.6 Å². The third-order valence-electron chi connectivity index (χ3n) is 3.60. The average molecular weight is 279 g/mol. The Labute approximate surface area is 121 Å². The molecule has 0 atom stereocenters. The molecule has 1 rings (SSSR count). The van der Waals surface area contributed by atoms with Crippen LogP contribution in [0.2, 0.25) is 0 Å². The molecule has 1 heterocycles. The van der Waals surface area contributed by atoms with Gasteiger partial charge in [-0.15, -0.1) is 0 Å². The van der Waals surface area contributed by atoms with Gasteiger partial charge >= 0.3 is 5.97 Å². The number of likely N-dealkylation sites (N-methyl/N-ethyl adjacent to an activating group) is 1. The zero-order valence-corrected chi connectivity index (χ0v) is 12.9. The Morgan fingerprint density at radius 3 is 2.10 bits per heavy atom. The van der Waals surface area contributed by atoms with Gasteiger partial charge in [0.2, 0.25) is 0 Å². The van der Waals surface area contributed by atoms with Crippen LogP contribution < -0.4 is 0 Å². The first-order chi connectivity index (χ1) is 9.47. The summed E-state index contributed by atoms with van der Waals surface area (Å²) in [6, 6.07) is 0. The first-order valence-corrected chi connectivity index (χ1v) is 7.25. The summed E-state index contributed by atoms with van der Waals surface area (Å²) in [4.78, 5) is 22.0. The van der Waals surface area contributed by atoms with E-state index in [4.69, 9.17) is 5.11 Å². The van der Waals surface area contributed by atoms with Crippen molar-refractivity contribution < 1.29 is 9.90 Å². The zero-order chi connectivity index (χ0) is 15.1. The highest BCUT2D eigenvalue weighted by atomic mass is 16.4. The zero-order valence-electron chi connectivity index (χ0n) is 12.9. The first kappa shape index (κ1) is 16.6. The molecule has 5 heteroatoms. The molecular weight excluding hydrogens is 254 g/mol. The molecule has 112 valence electrons. The van der Waals surface area contributed by atoms with Gasteiger partial charge in [0.05, 0.1) is 0 Å². The number of aliphatic carboxylic acids is 1. The second-order valence-electron chi connectivity index (χ2n) is 4.96. The van der Waals surface area contributed by atoms with Gasteiger partial charge in [-0.1, -0.05) is 13.8 Å². The van der Waals surface area contributed by atoms with Gasteiger partial charge in [-0.3, -0.25) is 4.79 Å². The van der Waals surface area contributed by atoms with Crippen molar-refractivity contribution in [2.75, 3.05) is 19.6 Å². The van der Waals surface area contributed by atoms with Gasteiger partial charge in [-0.2, -0.15) is 0 Å². The van der Waals surface area contributed by atoms with Crippen molar-refractivity contribution in [2.24, 2.45) is 0 Å². The summed E-state index contributed by atoms with van der Waals surface area (Å²) in [6.07, 6.45) is 1.47. The molecule has 0 spiro atoms. The van der Waals surface area contributed by atoms with Crippen molar-refractivity contribution in [1.29, 1.82) is 0 Å². The fraction of sp³-hybridized carbons (Fsp3) is 0.667. The van der Waals surface area contributed by atoms with E-state index in [1.165, 1.54) is 0 Å². The van der Waals surface area contributed by atoms with Gasteiger partial charge < -0.3 is 10.0 Å². The van der Waals surface area contributed by atoms with E-state index < -0.39 is 5.97 Å². The van der Waals surface area contributed by atoms with Crippen molar-refractivity contribution >= 4 is 5.97 Å². The second-order valence-corrected chi connectivity index (χ2v) is 4.96. The lowest BCUT2D eigenvalue weighted by atomic mass is 10.1. The minimum absolute atomic E-state index is 0.129. The highest BCUT2D eigenvalue weighted by Crippen LogP contribution is 2.13. The normalized spacial score (nSPS) is 11.1. The summed E-state index contributed by atoms with van der Waals surface area (Å²) >= 11 is 0. The Hall–Kier alpha value is -1.49. The Morgan fingerprint density at radius 2 is 1.65 bits per heavy atom. The van der Waals surface area contributed by atoms with Gasteiger partial charge in [0.15, 0.2) is 0 Å². The van der Waals surface area contributed by atoms with Crippen LogP contribution in [0.15, 0.2) is 0 Å². The number of aryl methyl sites for hydroxylation is 2. The first-order valence-electron chi connectivity index (χ1n) is 7.25. The van der Waals surface area contributed by atoms with E-state index in [0.717, 1.165) is 48.8 Å². The molecule has 0 fully saturated rings. The summed E-state index contributed by atoms with van der Waals surface area (Å²) < 4.78 is 0. The maximum atomic E-state index is 10.7. The Kier molecular flexibility index (Phi) is 6.58. The van der Waals surface area contributed by atoms with Gasteiger partial charge in [0.25, 0.3) is 0 Å². The fourth-order valence-corrected chi connectivity index (χ4v) is 2.31. The molecular formula is C15H25N3O2. The van der Waals surface area contributed by atoms with Gasteiger partial charge in [0.1, 0.15) is 5.82 Å². The summed E-state index contributed by atoms with van der Waals surface area (Å²) in [7, 11) is 0. The minimum atomic E-state index is -0.783. The number of carbonyl (C=O) groups is 1. The lowest BCUT2D eigenvalue weighted by Gasteiger charge is -2.17. The number of carboxylic acid groups (broad SMARTS) is 1. The quantitative estimate of drug-likeness (QED) is 0.788. The monoisotopic (exact) mass is 279 g/mol. The van der Waals surface area contributed by atoms with E-state index in [9.17, 15) is 4.79 Å². The Bertz CT molecular complexity index is 433. The molecule has 0 saturated heterocycles. The number of aromatic nitrogens is 2. The van der Waals surface area contributed by atoms with Gasteiger partial charge in [-0.05, 0) is 38.9 Å². The van der Waals surface area contributed by atoms with Crippen LogP contribution in [0.25, 0.3) is 0 Å². The molecule has 0 radical (unpaired) electrons. The SMILES string of the molecule is CCN(CC)CCc1nc(C)c(CCC(=O)O)c(C)n1. The fourth-order valence-electron chi connectivity index (χ4n) is 2.31. The maximum absolute atomic E-state index is 10.7. The molecule has 1 aromatic rings. The summed E-state index contributed by atoms with van der Waals surface area (Å²) in [5, 5.41) is 8.76. The molecule has 1 N–H and O–H groups in total. The highest BCUT2D eigenvalue weighted by molar-refractivity contribution is 5.67. The molecule has 0 aliphatic rings. The number of hydrogen-bond acceptors (Lipinski definition) is 4. The predicted octanol–water partition coefficient (Wildman–Crippen LogP) is 1.99. The van der Waals surface area contributed by atoms with Crippen LogP contribution >= 0.6 is 0 Å². The number of hydrogen-bond donors (Lipinski definition) is 1. The lowest BCUT2D eigenvalue weighted by Crippen LogP contribution is -2.26. The van der Waals surface area contributed by atoms with Crippen molar-refractivity contribution in [2.45, 2.75) is 47.0 Å². The van der Waals surface area contributed by atoms with Crippen LogP contribution in [0, 0.1) is 13.8 Å². The van der Waals surface area contributed by atoms with Crippen molar-refractivity contribution in [3.05, 3.63) is 22.8 Å². The summed E-state index contributed by atoms with van der Waals surface area (Å²) in [6.45, 7) is 11.2. The van der Waals surface area contributed by atoms with E-state index in [1.807, 2.05) is 13.8 Å². The largest absolute Gasteiger partial charge is 0.481 e. The van der Waals surface area contributed by atoms with E-state index in [2.05, 4.69) is 28.7 Å². The van der Waals surface area contributed by atoms with Crippen LogP contribution in [-0.4, -0.2) is 45.6 Å².